The van der Waals surface area contributed by atoms with Crippen molar-refractivity contribution in [1.82, 2.24) is 15.4 Å². The normalized spacial score (nSPS) is 12.6. The van der Waals surface area contributed by atoms with Crippen LogP contribution in [0.25, 0.3) is 11.3 Å². The van der Waals surface area contributed by atoms with E-state index in [9.17, 15) is 39.5 Å². The minimum Gasteiger partial charge on any atom is -0.247 e. The molecule has 0 aliphatic carbocycles. The smallest absolute Gasteiger partial charge is 0.247 e. The lowest BCUT2D eigenvalue weighted by molar-refractivity contribution is -0.141. The fourth-order valence-electron chi connectivity index (χ4n) is 3.02. The quantitative estimate of drug-likeness (QED) is 0.485. The highest BCUT2D eigenvalue weighted by molar-refractivity contribution is 5.66. The summed E-state index contributed by atoms with van der Waals surface area (Å²) in [5, 5.41) is 18.0. The van der Waals surface area contributed by atoms with Crippen molar-refractivity contribution in [3.05, 3.63) is 69.9 Å². The van der Waals surface area contributed by atoms with Gasteiger partial charge < -0.3 is 0 Å². The molecule has 0 amide bonds. The van der Waals surface area contributed by atoms with Crippen molar-refractivity contribution in [2.75, 3.05) is 0 Å². The molecule has 0 aliphatic rings. The molecule has 4 nitrogen and oxygen atoms in total. The fourth-order valence-corrected chi connectivity index (χ4v) is 3.02. The lowest BCUT2D eigenvalue weighted by Gasteiger charge is -2.17. The number of H-pyrrole nitrogens is 1. The summed E-state index contributed by atoms with van der Waals surface area (Å²) in [4.78, 5) is 0. The summed E-state index contributed by atoms with van der Waals surface area (Å²) in [6.45, 7) is 0. The van der Waals surface area contributed by atoms with Crippen LogP contribution in [0.5, 0.6) is 0 Å². The summed E-state index contributed by atoms with van der Waals surface area (Å²) in [5.41, 5.74) is -6.19. The van der Waals surface area contributed by atoms with E-state index in [4.69, 9.17) is 5.26 Å². The minimum absolute atomic E-state index is 0.234. The molecule has 2 aromatic carbocycles. The average Bonchev–Trinajstić information content (AvgIpc) is 3.14. The van der Waals surface area contributed by atoms with E-state index in [0.29, 0.717) is 12.1 Å². The number of aromatic amines is 1. The zero-order chi connectivity index (χ0) is 23.9. The zero-order valence-electron chi connectivity index (χ0n) is 15.4. The molecule has 0 atom stereocenters. The largest absolute Gasteiger partial charge is 0.416 e. The SMILES string of the molecule is N#Cc1[nH]nnc1-c1cc(Cc2cc(C(F)(F)F)ccc2C(F)(F)F)cc(C(F)(F)F)c1. The van der Waals surface area contributed by atoms with Crippen LogP contribution in [0.1, 0.15) is 33.5 Å². The van der Waals surface area contributed by atoms with Crippen LogP contribution in [0.2, 0.25) is 0 Å². The van der Waals surface area contributed by atoms with E-state index in [2.05, 4.69) is 15.4 Å². The third-order valence-corrected chi connectivity index (χ3v) is 4.39. The van der Waals surface area contributed by atoms with Crippen molar-refractivity contribution in [3.8, 4) is 17.3 Å². The van der Waals surface area contributed by atoms with Gasteiger partial charge in [-0.15, -0.1) is 5.10 Å². The van der Waals surface area contributed by atoms with E-state index in [-0.39, 0.29) is 40.7 Å². The van der Waals surface area contributed by atoms with Gasteiger partial charge in [0.2, 0.25) is 0 Å². The highest BCUT2D eigenvalue weighted by Gasteiger charge is 2.37. The molecule has 168 valence electrons. The standard InChI is InChI=1S/C19H9F9N4/c20-17(21,22)12-1-2-14(19(26,27)28)10(6-12)3-9-4-11(7-13(5-9)18(23,24)25)16-15(8-29)30-32-31-16/h1-2,4-7H,3H2,(H,30,31,32). The first-order valence-corrected chi connectivity index (χ1v) is 8.50. The van der Waals surface area contributed by atoms with Crippen molar-refractivity contribution < 1.29 is 39.5 Å². The Bertz CT molecular complexity index is 1180. The third-order valence-electron chi connectivity index (χ3n) is 4.39. The number of rotatable bonds is 3. The Labute approximate surface area is 173 Å². The highest BCUT2D eigenvalue weighted by atomic mass is 19.4. The molecule has 0 spiro atoms. The van der Waals surface area contributed by atoms with Gasteiger partial charge in [-0.2, -0.15) is 44.8 Å². The van der Waals surface area contributed by atoms with Gasteiger partial charge in [0.1, 0.15) is 11.8 Å². The van der Waals surface area contributed by atoms with E-state index < -0.39 is 47.2 Å². The molecule has 1 aromatic heterocycles. The molecule has 0 aliphatic heterocycles. The van der Waals surface area contributed by atoms with Gasteiger partial charge >= 0.3 is 18.5 Å². The van der Waals surface area contributed by atoms with Crippen LogP contribution < -0.4 is 0 Å². The van der Waals surface area contributed by atoms with Gasteiger partial charge in [-0.05, 0) is 53.9 Å². The van der Waals surface area contributed by atoms with Crippen LogP contribution in [-0.2, 0) is 24.9 Å². The Balaban J connectivity index is 2.19. The molecule has 0 radical (unpaired) electrons. The number of nitriles is 1. The molecule has 1 heterocycles. The highest BCUT2D eigenvalue weighted by Crippen LogP contribution is 2.39. The first-order valence-electron chi connectivity index (χ1n) is 8.50. The van der Waals surface area contributed by atoms with Crippen LogP contribution in [0.3, 0.4) is 0 Å². The van der Waals surface area contributed by atoms with Crippen LogP contribution in [0.4, 0.5) is 39.5 Å². The van der Waals surface area contributed by atoms with Gasteiger partial charge in [0.15, 0.2) is 5.69 Å². The maximum atomic E-state index is 13.4. The second kappa shape index (κ2) is 7.85. The summed E-state index contributed by atoms with van der Waals surface area (Å²) in [5.74, 6) is 0. The van der Waals surface area contributed by atoms with Crippen molar-refractivity contribution in [2.24, 2.45) is 0 Å². The van der Waals surface area contributed by atoms with Crippen LogP contribution in [0.15, 0.2) is 36.4 Å². The van der Waals surface area contributed by atoms with Crippen molar-refractivity contribution >= 4 is 0 Å². The molecule has 3 rings (SSSR count). The van der Waals surface area contributed by atoms with Crippen molar-refractivity contribution in [1.29, 1.82) is 5.26 Å². The van der Waals surface area contributed by atoms with Crippen molar-refractivity contribution in [2.45, 2.75) is 24.9 Å². The Morgan fingerprint density at radius 3 is 2.03 bits per heavy atom. The molecule has 0 saturated heterocycles. The van der Waals surface area contributed by atoms with Gasteiger partial charge in [0.25, 0.3) is 0 Å². The number of halogens is 9. The Morgan fingerprint density at radius 1 is 0.812 bits per heavy atom. The molecule has 0 saturated carbocycles. The average molecular weight is 464 g/mol. The predicted molar refractivity (Wildman–Crippen MR) is 90.8 cm³/mol. The molecule has 0 fully saturated rings. The number of aromatic nitrogens is 3. The summed E-state index contributed by atoms with van der Waals surface area (Å²) < 4.78 is 119. The van der Waals surface area contributed by atoms with E-state index in [1.54, 1.807) is 6.07 Å². The maximum absolute atomic E-state index is 13.4. The van der Waals surface area contributed by atoms with Gasteiger partial charge in [-0.25, -0.2) is 5.10 Å². The monoisotopic (exact) mass is 464 g/mol. The first-order chi connectivity index (χ1) is 14.7. The summed E-state index contributed by atoms with van der Waals surface area (Å²) in [6, 6.07) is 4.49. The van der Waals surface area contributed by atoms with Gasteiger partial charge in [0.05, 0.1) is 16.7 Å². The van der Waals surface area contributed by atoms with Gasteiger partial charge in [-0.1, -0.05) is 5.21 Å². The first kappa shape index (κ1) is 23.1. The molecule has 32 heavy (non-hydrogen) atoms. The van der Waals surface area contributed by atoms with Crippen LogP contribution >= 0.6 is 0 Å². The predicted octanol–water partition coefficient (Wildman–Crippen LogP) is 5.99. The number of hydrogen-bond donors (Lipinski definition) is 1. The Kier molecular flexibility index (Phi) is 5.67. The summed E-state index contributed by atoms with van der Waals surface area (Å²) in [6.07, 6.45) is -15.8. The van der Waals surface area contributed by atoms with Crippen LogP contribution in [-0.4, -0.2) is 15.4 Å². The summed E-state index contributed by atoms with van der Waals surface area (Å²) in [7, 11) is 0. The lowest BCUT2D eigenvalue weighted by atomic mass is 9.94. The number of alkyl halides is 9. The second-order valence-electron chi connectivity index (χ2n) is 6.61. The number of benzene rings is 2. The van der Waals surface area contributed by atoms with E-state index in [0.717, 1.165) is 6.07 Å². The zero-order valence-corrected chi connectivity index (χ0v) is 15.4. The topological polar surface area (TPSA) is 65.4 Å². The van der Waals surface area contributed by atoms with E-state index in [1.165, 1.54) is 0 Å². The van der Waals surface area contributed by atoms with Crippen LogP contribution in [0, 0.1) is 11.3 Å². The Hall–Kier alpha value is -3.56. The Morgan fingerprint density at radius 2 is 1.47 bits per heavy atom. The molecule has 3 aromatic rings. The second-order valence-corrected chi connectivity index (χ2v) is 6.61. The molecular formula is C19H9F9N4. The third kappa shape index (κ3) is 4.84. The minimum atomic E-state index is -5.04. The molecule has 0 unspecified atom stereocenters. The van der Waals surface area contributed by atoms with Crippen molar-refractivity contribution in [3.63, 3.8) is 0 Å². The molecule has 0 bridgehead atoms. The van der Waals surface area contributed by atoms with Gasteiger partial charge in [0, 0.05) is 5.56 Å². The van der Waals surface area contributed by atoms with E-state index >= 15 is 0 Å². The number of nitrogens with zero attached hydrogens (tertiary/aromatic N) is 3. The maximum Gasteiger partial charge on any atom is 0.416 e. The molecule has 13 heteroatoms. The van der Waals surface area contributed by atoms with E-state index in [1.807, 2.05) is 0 Å². The number of nitrogens with one attached hydrogen (secondary N) is 1. The molecule has 1 N–H and O–H groups in total. The lowest BCUT2D eigenvalue weighted by Crippen LogP contribution is -2.13. The summed E-state index contributed by atoms with van der Waals surface area (Å²) >= 11 is 0. The number of hydrogen-bond acceptors (Lipinski definition) is 3. The fraction of sp³-hybridized carbons (Fsp3) is 0.211. The van der Waals surface area contributed by atoms with Gasteiger partial charge in [-0.3, -0.25) is 0 Å². The molecular weight excluding hydrogens is 455 g/mol.